The van der Waals surface area contributed by atoms with Crippen LogP contribution >= 0.6 is 0 Å². The third kappa shape index (κ3) is 2.72. The van der Waals surface area contributed by atoms with Crippen molar-refractivity contribution in [1.82, 2.24) is 10.2 Å². The van der Waals surface area contributed by atoms with E-state index < -0.39 is 6.04 Å². The molecule has 1 fully saturated rings. The van der Waals surface area contributed by atoms with Gasteiger partial charge in [0, 0.05) is 7.11 Å². The number of hydrogen-bond donors (Lipinski definition) is 1. The van der Waals surface area contributed by atoms with Crippen LogP contribution in [0.2, 0.25) is 0 Å². The van der Waals surface area contributed by atoms with Crippen molar-refractivity contribution in [3.8, 4) is 0 Å². The van der Waals surface area contributed by atoms with Crippen molar-refractivity contribution in [2.75, 3.05) is 20.3 Å². The molecule has 0 spiro atoms. The average Bonchev–Trinajstić information content (AvgIpc) is 2.20. The Kier molecular flexibility index (Phi) is 4.29. The van der Waals surface area contributed by atoms with E-state index in [4.69, 9.17) is 4.74 Å². The summed E-state index contributed by atoms with van der Waals surface area (Å²) in [6, 6.07) is -0.467. The van der Waals surface area contributed by atoms with E-state index in [-0.39, 0.29) is 30.3 Å². The van der Waals surface area contributed by atoms with Crippen LogP contribution in [0.4, 0.5) is 0 Å². The molecular weight excluding hydrogens is 208 g/mol. The largest absolute Gasteiger partial charge is 0.383 e. The fourth-order valence-corrected chi connectivity index (χ4v) is 1.92. The molecule has 1 aliphatic rings. The van der Waals surface area contributed by atoms with Crippen molar-refractivity contribution in [2.45, 2.75) is 32.9 Å². The van der Waals surface area contributed by atoms with Crippen molar-refractivity contribution in [3.05, 3.63) is 0 Å². The lowest BCUT2D eigenvalue weighted by Crippen LogP contribution is -2.61. The molecule has 1 saturated heterocycles. The molecule has 0 aromatic carbocycles. The van der Waals surface area contributed by atoms with Gasteiger partial charge in [0.25, 0.3) is 0 Å². The summed E-state index contributed by atoms with van der Waals surface area (Å²) in [6.45, 7) is 6.34. The van der Waals surface area contributed by atoms with Crippen LogP contribution in [0.3, 0.4) is 0 Å². The van der Waals surface area contributed by atoms with Gasteiger partial charge in [-0.1, -0.05) is 13.8 Å². The highest BCUT2D eigenvalue weighted by Gasteiger charge is 2.35. The van der Waals surface area contributed by atoms with Gasteiger partial charge in [-0.2, -0.15) is 0 Å². The van der Waals surface area contributed by atoms with Crippen LogP contribution in [0.5, 0.6) is 0 Å². The third-order valence-electron chi connectivity index (χ3n) is 2.85. The number of carbonyl (C=O) groups is 2. The first-order chi connectivity index (χ1) is 7.47. The lowest BCUT2D eigenvalue weighted by molar-refractivity contribution is -0.148. The summed E-state index contributed by atoms with van der Waals surface area (Å²) in [5.41, 5.74) is 0. The first kappa shape index (κ1) is 13.0. The standard InChI is InChI=1S/C11H20N2O3/c1-7(2)9(6-16-4)13-5-10(14)12-8(3)11(13)15/h7-9H,5-6H2,1-4H3,(H,12,14). The van der Waals surface area contributed by atoms with Crippen molar-refractivity contribution in [2.24, 2.45) is 5.92 Å². The van der Waals surface area contributed by atoms with Gasteiger partial charge in [-0.15, -0.1) is 0 Å². The molecule has 92 valence electrons. The second kappa shape index (κ2) is 5.30. The highest BCUT2D eigenvalue weighted by molar-refractivity contribution is 5.94. The summed E-state index contributed by atoms with van der Waals surface area (Å²) < 4.78 is 5.11. The normalized spacial score (nSPS) is 23.6. The van der Waals surface area contributed by atoms with Crippen molar-refractivity contribution in [3.63, 3.8) is 0 Å². The van der Waals surface area contributed by atoms with Gasteiger partial charge in [0.1, 0.15) is 6.04 Å². The molecular formula is C11H20N2O3. The molecule has 2 unspecified atom stereocenters. The van der Waals surface area contributed by atoms with E-state index in [1.54, 1.807) is 18.9 Å². The SMILES string of the molecule is COCC(C(C)C)N1CC(=O)NC(C)C1=O. The van der Waals surface area contributed by atoms with E-state index in [0.717, 1.165) is 0 Å². The zero-order valence-electron chi connectivity index (χ0n) is 10.3. The summed E-state index contributed by atoms with van der Waals surface area (Å²) >= 11 is 0. The van der Waals surface area contributed by atoms with Gasteiger partial charge in [0.05, 0.1) is 19.2 Å². The predicted molar refractivity (Wildman–Crippen MR) is 59.8 cm³/mol. The molecule has 2 atom stereocenters. The molecule has 1 rings (SSSR count). The molecule has 0 bridgehead atoms. The van der Waals surface area contributed by atoms with Crippen LogP contribution in [0.15, 0.2) is 0 Å². The van der Waals surface area contributed by atoms with Crippen molar-refractivity contribution >= 4 is 11.8 Å². The van der Waals surface area contributed by atoms with Crippen LogP contribution in [0.1, 0.15) is 20.8 Å². The van der Waals surface area contributed by atoms with Gasteiger partial charge < -0.3 is 15.0 Å². The average molecular weight is 228 g/mol. The van der Waals surface area contributed by atoms with E-state index in [0.29, 0.717) is 6.61 Å². The summed E-state index contributed by atoms with van der Waals surface area (Å²) in [5.74, 6) is 0.131. The molecule has 16 heavy (non-hydrogen) atoms. The van der Waals surface area contributed by atoms with Gasteiger partial charge in [0.15, 0.2) is 0 Å². The summed E-state index contributed by atoms with van der Waals surface area (Å²) in [7, 11) is 1.60. The molecule has 1 heterocycles. The predicted octanol–water partition coefficient (Wildman–Crippen LogP) is 0.00430. The highest BCUT2D eigenvalue weighted by atomic mass is 16.5. The van der Waals surface area contributed by atoms with Crippen LogP contribution in [0, 0.1) is 5.92 Å². The van der Waals surface area contributed by atoms with E-state index in [1.807, 2.05) is 13.8 Å². The van der Waals surface area contributed by atoms with Crippen molar-refractivity contribution in [1.29, 1.82) is 0 Å². The minimum Gasteiger partial charge on any atom is -0.383 e. The smallest absolute Gasteiger partial charge is 0.245 e. The van der Waals surface area contributed by atoms with Crippen LogP contribution in [-0.4, -0.2) is 49.1 Å². The number of methoxy groups -OCH3 is 1. The number of nitrogens with zero attached hydrogens (tertiary/aromatic N) is 1. The fourth-order valence-electron chi connectivity index (χ4n) is 1.92. The Bertz CT molecular complexity index is 278. The molecule has 0 saturated carbocycles. The molecule has 0 radical (unpaired) electrons. The summed E-state index contributed by atoms with van der Waals surface area (Å²) in [4.78, 5) is 25.0. The van der Waals surface area contributed by atoms with Gasteiger partial charge in [0.2, 0.25) is 11.8 Å². The zero-order chi connectivity index (χ0) is 12.3. The Hall–Kier alpha value is -1.10. The maximum atomic E-state index is 11.9. The number of nitrogens with one attached hydrogen (secondary N) is 1. The van der Waals surface area contributed by atoms with E-state index in [2.05, 4.69) is 5.32 Å². The molecule has 1 N–H and O–H groups in total. The third-order valence-corrected chi connectivity index (χ3v) is 2.85. The second-order valence-corrected chi connectivity index (χ2v) is 4.52. The first-order valence-electron chi connectivity index (χ1n) is 5.56. The molecule has 5 nitrogen and oxygen atoms in total. The van der Waals surface area contributed by atoms with Gasteiger partial charge in [-0.25, -0.2) is 0 Å². The number of piperazine rings is 1. The molecule has 1 aliphatic heterocycles. The van der Waals surface area contributed by atoms with Crippen molar-refractivity contribution < 1.29 is 14.3 Å². The summed E-state index contributed by atoms with van der Waals surface area (Å²) in [5, 5.41) is 2.62. The molecule has 2 amide bonds. The number of rotatable bonds is 4. The second-order valence-electron chi connectivity index (χ2n) is 4.52. The number of ether oxygens (including phenoxy) is 1. The minimum absolute atomic E-state index is 0.0321. The van der Waals surface area contributed by atoms with Crippen LogP contribution < -0.4 is 5.32 Å². The van der Waals surface area contributed by atoms with E-state index in [9.17, 15) is 9.59 Å². The topological polar surface area (TPSA) is 58.6 Å². The fraction of sp³-hybridized carbons (Fsp3) is 0.818. The zero-order valence-corrected chi connectivity index (χ0v) is 10.3. The molecule has 5 heteroatoms. The highest BCUT2D eigenvalue weighted by Crippen LogP contribution is 2.15. The monoisotopic (exact) mass is 228 g/mol. The van der Waals surface area contributed by atoms with Crippen LogP contribution in [0.25, 0.3) is 0 Å². The molecule has 0 aromatic rings. The Morgan fingerprint density at radius 2 is 2.12 bits per heavy atom. The lowest BCUT2D eigenvalue weighted by atomic mass is 10.0. The number of carbonyl (C=O) groups excluding carboxylic acids is 2. The summed E-state index contributed by atoms with van der Waals surface area (Å²) in [6.07, 6.45) is 0. The molecule has 0 aromatic heterocycles. The Labute approximate surface area is 96.1 Å². The van der Waals surface area contributed by atoms with Crippen LogP contribution in [-0.2, 0) is 14.3 Å². The van der Waals surface area contributed by atoms with Gasteiger partial charge in [-0.05, 0) is 12.8 Å². The minimum atomic E-state index is -0.431. The van der Waals surface area contributed by atoms with Gasteiger partial charge >= 0.3 is 0 Å². The number of hydrogen-bond acceptors (Lipinski definition) is 3. The van der Waals surface area contributed by atoms with Gasteiger partial charge in [-0.3, -0.25) is 9.59 Å². The van der Waals surface area contributed by atoms with E-state index >= 15 is 0 Å². The lowest BCUT2D eigenvalue weighted by Gasteiger charge is -2.38. The Morgan fingerprint density at radius 3 is 2.62 bits per heavy atom. The maximum Gasteiger partial charge on any atom is 0.245 e. The molecule has 0 aliphatic carbocycles. The maximum absolute atomic E-state index is 11.9. The van der Waals surface area contributed by atoms with E-state index in [1.165, 1.54) is 0 Å². The quantitative estimate of drug-likeness (QED) is 0.737. The number of amides is 2. The Balaban J connectivity index is 2.81. The Morgan fingerprint density at radius 1 is 1.50 bits per heavy atom. The first-order valence-corrected chi connectivity index (χ1v) is 5.56.